The number of aryl methyl sites for hydroxylation is 1. The van der Waals surface area contributed by atoms with E-state index in [1.165, 1.54) is 6.08 Å². The zero-order valence-electron chi connectivity index (χ0n) is 15.4. The van der Waals surface area contributed by atoms with Gasteiger partial charge in [-0.25, -0.2) is 0 Å². The van der Waals surface area contributed by atoms with E-state index in [0.29, 0.717) is 10.6 Å². The fraction of sp³-hybridized carbons (Fsp3) is 0.0833. The van der Waals surface area contributed by atoms with Crippen molar-refractivity contribution in [2.24, 2.45) is 0 Å². The topological polar surface area (TPSA) is 43.4 Å². The van der Waals surface area contributed by atoms with Crippen molar-refractivity contribution in [3.8, 4) is 5.75 Å². The molecular formula is C24H19ClO3. The number of rotatable bonds is 6. The van der Waals surface area contributed by atoms with Crippen LogP contribution in [0.3, 0.4) is 0 Å². The summed E-state index contributed by atoms with van der Waals surface area (Å²) in [4.78, 5) is 25.0. The average Bonchev–Trinajstić information content (AvgIpc) is 2.70. The largest absolute Gasteiger partial charge is 0.425 e. The standard InChI is InChI=1S/C24H19ClO3/c1-17-7-14-23(28-24(27)16-19-8-11-20(25)12-9-19)21(15-17)22(26)13-10-18-5-3-2-4-6-18/h2-15H,16H2,1H3/b13-10+. The molecule has 0 spiro atoms. The van der Waals surface area contributed by atoms with Crippen LogP contribution in [-0.4, -0.2) is 11.8 Å². The van der Waals surface area contributed by atoms with Crippen molar-refractivity contribution in [2.45, 2.75) is 13.3 Å². The van der Waals surface area contributed by atoms with E-state index in [1.54, 1.807) is 42.5 Å². The van der Waals surface area contributed by atoms with Crippen molar-refractivity contribution in [2.75, 3.05) is 0 Å². The number of carbonyl (C=O) groups excluding carboxylic acids is 2. The molecule has 3 nitrogen and oxygen atoms in total. The van der Waals surface area contributed by atoms with Crippen LogP contribution in [0.5, 0.6) is 5.75 Å². The third-order valence-electron chi connectivity index (χ3n) is 4.11. The molecule has 0 radical (unpaired) electrons. The van der Waals surface area contributed by atoms with Crippen LogP contribution < -0.4 is 4.74 Å². The summed E-state index contributed by atoms with van der Waals surface area (Å²) in [6, 6.07) is 21.7. The van der Waals surface area contributed by atoms with E-state index >= 15 is 0 Å². The van der Waals surface area contributed by atoms with Crippen LogP contribution in [0.15, 0.2) is 78.9 Å². The van der Waals surface area contributed by atoms with Crippen molar-refractivity contribution in [3.63, 3.8) is 0 Å². The Hall–Kier alpha value is -3.17. The van der Waals surface area contributed by atoms with Crippen LogP contribution in [0, 0.1) is 6.92 Å². The first-order valence-corrected chi connectivity index (χ1v) is 9.22. The van der Waals surface area contributed by atoms with E-state index in [2.05, 4.69) is 0 Å². The van der Waals surface area contributed by atoms with E-state index in [4.69, 9.17) is 16.3 Å². The van der Waals surface area contributed by atoms with Crippen LogP contribution in [0.1, 0.15) is 27.0 Å². The molecule has 3 rings (SSSR count). The van der Waals surface area contributed by atoms with Gasteiger partial charge in [-0.15, -0.1) is 0 Å². The Morgan fingerprint density at radius 2 is 1.68 bits per heavy atom. The molecule has 4 heteroatoms. The molecule has 0 N–H and O–H groups in total. The molecule has 0 atom stereocenters. The van der Waals surface area contributed by atoms with Gasteiger partial charge in [-0.3, -0.25) is 9.59 Å². The molecule has 0 aliphatic heterocycles. The van der Waals surface area contributed by atoms with Gasteiger partial charge in [-0.1, -0.05) is 71.8 Å². The first kappa shape index (κ1) is 19.6. The molecule has 0 bridgehead atoms. The highest BCUT2D eigenvalue weighted by Gasteiger charge is 2.14. The minimum Gasteiger partial charge on any atom is -0.425 e. The molecule has 0 aliphatic rings. The number of esters is 1. The van der Waals surface area contributed by atoms with E-state index in [0.717, 1.165) is 16.7 Å². The molecule has 140 valence electrons. The Balaban J connectivity index is 1.76. The monoisotopic (exact) mass is 390 g/mol. The van der Waals surface area contributed by atoms with Gasteiger partial charge >= 0.3 is 5.97 Å². The maximum atomic E-state index is 12.7. The lowest BCUT2D eigenvalue weighted by atomic mass is 10.0. The molecule has 0 aromatic heterocycles. The molecule has 0 heterocycles. The summed E-state index contributed by atoms with van der Waals surface area (Å²) in [5, 5.41) is 0.605. The second-order valence-electron chi connectivity index (χ2n) is 6.39. The average molecular weight is 391 g/mol. The highest BCUT2D eigenvalue weighted by molar-refractivity contribution is 6.30. The molecule has 0 fully saturated rings. The molecule has 3 aromatic carbocycles. The van der Waals surface area contributed by atoms with Crippen molar-refractivity contribution in [1.29, 1.82) is 0 Å². The molecule has 0 amide bonds. The third kappa shape index (κ3) is 5.41. The van der Waals surface area contributed by atoms with Gasteiger partial charge in [0.15, 0.2) is 5.78 Å². The van der Waals surface area contributed by atoms with Crippen LogP contribution >= 0.6 is 11.6 Å². The van der Waals surface area contributed by atoms with Gasteiger partial charge in [0.05, 0.1) is 12.0 Å². The number of benzene rings is 3. The van der Waals surface area contributed by atoms with E-state index in [9.17, 15) is 9.59 Å². The molecular weight excluding hydrogens is 372 g/mol. The van der Waals surface area contributed by atoms with Crippen LogP contribution in [-0.2, 0) is 11.2 Å². The summed E-state index contributed by atoms with van der Waals surface area (Å²) >= 11 is 5.86. The quantitative estimate of drug-likeness (QED) is 0.235. The lowest BCUT2D eigenvalue weighted by molar-refractivity contribution is -0.133. The number of ketones is 1. The van der Waals surface area contributed by atoms with E-state index in [1.807, 2.05) is 43.3 Å². The van der Waals surface area contributed by atoms with Crippen molar-refractivity contribution in [3.05, 3.63) is 106 Å². The second-order valence-corrected chi connectivity index (χ2v) is 6.82. The highest BCUT2D eigenvalue weighted by Crippen LogP contribution is 2.22. The van der Waals surface area contributed by atoms with Gasteiger partial charge in [0.1, 0.15) is 5.75 Å². The number of carbonyl (C=O) groups is 2. The Kier molecular flexibility index (Phi) is 6.41. The van der Waals surface area contributed by atoms with Crippen LogP contribution in [0.4, 0.5) is 0 Å². The maximum absolute atomic E-state index is 12.7. The van der Waals surface area contributed by atoms with E-state index in [-0.39, 0.29) is 18.0 Å². The Bertz CT molecular complexity index is 1010. The summed E-state index contributed by atoms with van der Waals surface area (Å²) in [5.41, 5.74) is 2.98. The zero-order chi connectivity index (χ0) is 19.9. The summed E-state index contributed by atoms with van der Waals surface area (Å²) in [5.74, 6) is -0.401. The molecule has 0 aliphatic carbocycles. The number of ether oxygens (including phenoxy) is 1. The number of allylic oxidation sites excluding steroid dienone is 1. The van der Waals surface area contributed by atoms with Gasteiger partial charge in [-0.2, -0.15) is 0 Å². The molecule has 28 heavy (non-hydrogen) atoms. The lowest BCUT2D eigenvalue weighted by Gasteiger charge is -2.09. The summed E-state index contributed by atoms with van der Waals surface area (Å²) in [6.45, 7) is 1.89. The number of halogens is 1. The van der Waals surface area contributed by atoms with Crippen molar-refractivity contribution in [1.82, 2.24) is 0 Å². The van der Waals surface area contributed by atoms with Crippen LogP contribution in [0.2, 0.25) is 5.02 Å². The summed E-state index contributed by atoms with van der Waals surface area (Å²) < 4.78 is 5.48. The maximum Gasteiger partial charge on any atom is 0.315 e. The number of hydrogen-bond donors (Lipinski definition) is 0. The Morgan fingerprint density at radius 3 is 2.39 bits per heavy atom. The predicted octanol–water partition coefficient (Wildman–Crippen LogP) is 5.69. The zero-order valence-corrected chi connectivity index (χ0v) is 16.1. The van der Waals surface area contributed by atoms with Gasteiger partial charge in [0, 0.05) is 5.02 Å². The van der Waals surface area contributed by atoms with Gasteiger partial charge in [0.25, 0.3) is 0 Å². The molecule has 0 saturated carbocycles. The Labute approximate surface area is 169 Å². The van der Waals surface area contributed by atoms with Crippen LogP contribution in [0.25, 0.3) is 6.08 Å². The summed E-state index contributed by atoms with van der Waals surface area (Å²) in [7, 11) is 0. The van der Waals surface area contributed by atoms with Crippen molar-refractivity contribution < 1.29 is 14.3 Å². The fourth-order valence-corrected chi connectivity index (χ4v) is 2.80. The first-order valence-electron chi connectivity index (χ1n) is 8.84. The fourth-order valence-electron chi connectivity index (χ4n) is 2.68. The van der Waals surface area contributed by atoms with Gasteiger partial charge < -0.3 is 4.74 Å². The Morgan fingerprint density at radius 1 is 0.964 bits per heavy atom. The number of hydrogen-bond acceptors (Lipinski definition) is 3. The smallest absolute Gasteiger partial charge is 0.315 e. The van der Waals surface area contributed by atoms with Gasteiger partial charge in [0.2, 0.25) is 0 Å². The minimum absolute atomic E-state index is 0.0958. The minimum atomic E-state index is -0.438. The summed E-state index contributed by atoms with van der Waals surface area (Å²) in [6.07, 6.45) is 3.32. The molecule has 0 unspecified atom stereocenters. The first-order chi connectivity index (χ1) is 13.5. The molecule has 3 aromatic rings. The SMILES string of the molecule is Cc1ccc(OC(=O)Cc2ccc(Cl)cc2)c(C(=O)/C=C/c2ccccc2)c1. The second kappa shape index (κ2) is 9.16. The predicted molar refractivity (Wildman–Crippen MR) is 112 cm³/mol. The van der Waals surface area contributed by atoms with Gasteiger partial charge in [-0.05, 0) is 48.4 Å². The highest BCUT2D eigenvalue weighted by atomic mass is 35.5. The normalized spacial score (nSPS) is 10.8. The van der Waals surface area contributed by atoms with E-state index < -0.39 is 5.97 Å². The third-order valence-corrected chi connectivity index (χ3v) is 4.36. The molecule has 0 saturated heterocycles. The van der Waals surface area contributed by atoms with Crippen molar-refractivity contribution >= 4 is 29.4 Å². The lowest BCUT2D eigenvalue weighted by Crippen LogP contribution is -2.13.